The van der Waals surface area contributed by atoms with Crippen LogP contribution in [0.3, 0.4) is 0 Å². The Hall–Kier alpha value is -2.05. The lowest BCUT2D eigenvalue weighted by Crippen LogP contribution is -2.24. The molecule has 7 heteroatoms. The number of Topliss-reactive ketones (excluding diaryl/α,β-unsaturated/α-hetero) is 2. The third kappa shape index (κ3) is 2.24. The van der Waals surface area contributed by atoms with Crippen molar-refractivity contribution in [3.8, 4) is 11.3 Å². The number of methoxy groups -OCH3 is 1. The first-order chi connectivity index (χ1) is 10.5. The third-order valence-electron chi connectivity index (χ3n) is 3.14. The lowest BCUT2D eigenvalue weighted by Gasteiger charge is -2.16. The lowest BCUT2D eigenvalue weighted by molar-refractivity contribution is 0.0906. The molecule has 1 aromatic carbocycles. The number of nitrogens with zero attached hydrogens (tertiary/aromatic N) is 2. The maximum atomic E-state index is 12.3. The second-order valence-corrected chi connectivity index (χ2v) is 5.58. The zero-order valence-corrected chi connectivity index (χ0v) is 13.6. The van der Waals surface area contributed by atoms with Crippen LogP contribution in [0, 0.1) is 0 Å². The van der Waals surface area contributed by atoms with E-state index in [0.29, 0.717) is 11.3 Å². The van der Waals surface area contributed by atoms with Crippen LogP contribution in [-0.4, -0.2) is 28.6 Å². The smallest absolute Gasteiger partial charge is 0.249 e. The Morgan fingerprint density at radius 3 is 2.27 bits per heavy atom. The molecule has 0 fully saturated rings. The highest BCUT2D eigenvalue weighted by Crippen LogP contribution is 2.32. The molecule has 0 atom stereocenters. The van der Waals surface area contributed by atoms with Gasteiger partial charge in [0.2, 0.25) is 11.6 Å². The van der Waals surface area contributed by atoms with Gasteiger partial charge in [-0.3, -0.25) is 9.59 Å². The zero-order valence-electron chi connectivity index (χ0n) is 11.3. The van der Waals surface area contributed by atoms with E-state index in [1.54, 1.807) is 12.1 Å². The van der Waals surface area contributed by atoms with Crippen LogP contribution >= 0.6 is 27.5 Å². The largest absolute Gasteiger partial charge is 0.491 e. The fourth-order valence-corrected chi connectivity index (χ4v) is 2.87. The molecule has 0 N–H and O–H groups in total. The number of carbonyl (C=O) groups is 2. The van der Waals surface area contributed by atoms with Crippen molar-refractivity contribution < 1.29 is 14.3 Å². The normalized spacial score (nSPS) is 14.1. The Balaban J connectivity index is 2.23. The fourth-order valence-electron chi connectivity index (χ4n) is 2.11. The van der Waals surface area contributed by atoms with Gasteiger partial charge >= 0.3 is 0 Å². The fraction of sp³-hybridized carbons (Fsp3) is 0.0667. The molecule has 0 saturated heterocycles. The van der Waals surface area contributed by atoms with Crippen LogP contribution in [0.25, 0.3) is 11.3 Å². The number of aromatic nitrogens is 2. The Morgan fingerprint density at radius 2 is 1.64 bits per heavy atom. The molecule has 2 aromatic rings. The molecule has 0 bridgehead atoms. The van der Waals surface area contributed by atoms with Gasteiger partial charge in [-0.2, -0.15) is 0 Å². The number of halogens is 2. The summed E-state index contributed by atoms with van der Waals surface area (Å²) in [6, 6.07) is 9.07. The highest BCUT2D eigenvalue weighted by Gasteiger charge is 2.35. The predicted octanol–water partition coefficient (Wildman–Crippen LogP) is 3.43. The molecule has 1 aromatic heterocycles. The van der Waals surface area contributed by atoms with Crippen molar-refractivity contribution in [3.63, 3.8) is 0 Å². The van der Waals surface area contributed by atoms with Crippen molar-refractivity contribution in [3.05, 3.63) is 57.1 Å². The van der Waals surface area contributed by atoms with E-state index >= 15 is 0 Å². The maximum Gasteiger partial charge on any atom is 0.249 e. The van der Waals surface area contributed by atoms with Crippen molar-refractivity contribution in [1.82, 2.24) is 9.97 Å². The number of ether oxygens (including phenoxy) is 1. The molecular weight excluding hydrogens is 372 g/mol. The molecule has 0 spiro atoms. The molecule has 22 heavy (non-hydrogen) atoms. The van der Waals surface area contributed by atoms with E-state index in [1.807, 2.05) is 18.2 Å². The number of rotatable bonds is 2. The van der Waals surface area contributed by atoms with E-state index in [0.717, 1.165) is 0 Å². The number of ketones is 2. The maximum absolute atomic E-state index is 12.3. The first-order valence-electron chi connectivity index (χ1n) is 6.20. The Labute approximate surface area is 139 Å². The molecule has 0 aliphatic heterocycles. The van der Waals surface area contributed by atoms with Gasteiger partial charge in [-0.15, -0.1) is 0 Å². The number of benzene rings is 1. The Bertz CT molecular complexity index is 834. The van der Waals surface area contributed by atoms with E-state index < -0.39 is 11.6 Å². The highest BCUT2D eigenvalue weighted by atomic mass is 79.9. The predicted molar refractivity (Wildman–Crippen MR) is 84.1 cm³/mol. The first-order valence-corrected chi connectivity index (χ1v) is 7.37. The van der Waals surface area contributed by atoms with Gasteiger partial charge in [0.25, 0.3) is 0 Å². The van der Waals surface area contributed by atoms with Crippen LogP contribution in [0.1, 0.15) is 21.0 Å². The van der Waals surface area contributed by atoms with Gasteiger partial charge in [0.15, 0.2) is 10.9 Å². The second kappa shape index (κ2) is 5.62. The van der Waals surface area contributed by atoms with Crippen molar-refractivity contribution in [2.24, 2.45) is 0 Å². The van der Waals surface area contributed by atoms with Crippen LogP contribution in [-0.2, 0) is 4.74 Å². The molecule has 0 unspecified atom stereocenters. The molecule has 1 aliphatic carbocycles. The minimum absolute atomic E-state index is 0.0307. The van der Waals surface area contributed by atoms with E-state index in [2.05, 4.69) is 25.9 Å². The van der Waals surface area contributed by atoms with E-state index in [9.17, 15) is 9.59 Å². The summed E-state index contributed by atoms with van der Waals surface area (Å²) in [6.45, 7) is 0. The van der Waals surface area contributed by atoms with Gasteiger partial charge < -0.3 is 4.74 Å². The van der Waals surface area contributed by atoms with E-state index in [1.165, 1.54) is 7.11 Å². The van der Waals surface area contributed by atoms with Crippen molar-refractivity contribution in [2.75, 3.05) is 7.11 Å². The van der Waals surface area contributed by atoms with Crippen LogP contribution in [0.5, 0.6) is 0 Å². The van der Waals surface area contributed by atoms with Crippen LogP contribution in [0.2, 0.25) is 5.15 Å². The summed E-state index contributed by atoms with van der Waals surface area (Å²) in [5, 5.41) is 0.0552. The van der Waals surface area contributed by atoms with Gasteiger partial charge in [0.1, 0.15) is 21.6 Å². The lowest BCUT2D eigenvalue weighted by atomic mass is 10.0. The molecule has 1 heterocycles. The topological polar surface area (TPSA) is 69.2 Å². The van der Waals surface area contributed by atoms with E-state index in [-0.39, 0.29) is 26.8 Å². The standard InChI is InChI=1S/C15H8BrClN2O3/c1-22-14-8(16)12(20)10-11(13(14)21)19-15(17)9(18-10)7-5-3-2-4-6-7/h2-6H,1H3. The van der Waals surface area contributed by atoms with Crippen LogP contribution in [0.4, 0.5) is 0 Å². The average molecular weight is 380 g/mol. The summed E-state index contributed by atoms with van der Waals surface area (Å²) in [4.78, 5) is 32.9. The van der Waals surface area contributed by atoms with Crippen molar-refractivity contribution in [1.29, 1.82) is 0 Å². The van der Waals surface area contributed by atoms with Gasteiger partial charge in [0, 0.05) is 5.56 Å². The number of hydrogen-bond donors (Lipinski definition) is 0. The molecular formula is C15H8BrClN2O3. The summed E-state index contributed by atoms with van der Waals surface area (Å²) >= 11 is 9.20. The Kier molecular flexibility index (Phi) is 3.80. The van der Waals surface area contributed by atoms with Gasteiger partial charge in [-0.1, -0.05) is 41.9 Å². The van der Waals surface area contributed by atoms with Crippen molar-refractivity contribution >= 4 is 39.1 Å². The number of carbonyl (C=O) groups excluding carboxylic acids is 2. The van der Waals surface area contributed by atoms with E-state index in [4.69, 9.17) is 16.3 Å². The molecule has 0 radical (unpaired) electrons. The molecule has 1 aliphatic rings. The Morgan fingerprint density at radius 1 is 1.00 bits per heavy atom. The summed E-state index contributed by atoms with van der Waals surface area (Å²) in [6.07, 6.45) is 0. The summed E-state index contributed by atoms with van der Waals surface area (Å²) in [5.74, 6) is -1.10. The van der Waals surface area contributed by atoms with Gasteiger partial charge in [-0.25, -0.2) is 9.97 Å². The molecule has 3 rings (SSSR count). The number of allylic oxidation sites excluding steroid dienone is 2. The minimum Gasteiger partial charge on any atom is -0.491 e. The molecule has 110 valence electrons. The summed E-state index contributed by atoms with van der Waals surface area (Å²) in [7, 11) is 1.31. The summed E-state index contributed by atoms with van der Waals surface area (Å²) < 4.78 is 4.98. The molecule has 0 saturated carbocycles. The van der Waals surface area contributed by atoms with Crippen molar-refractivity contribution in [2.45, 2.75) is 0 Å². The molecule has 0 amide bonds. The average Bonchev–Trinajstić information content (AvgIpc) is 2.54. The quantitative estimate of drug-likeness (QED) is 0.799. The first kappa shape index (κ1) is 14.9. The monoisotopic (exact) mass is 378 g/mol. The van der Waals surface area contributed by atoms with Crippen LogP contribution < -0.4 is 0 Å². The molecule has 5 nitrogen and oxygen atoms in total. The zero-order chi connectivity index (χ0) is 15.9. The van der Waals surface area contributed by atoms with Gasteiger partial charge in [0.05, 0.1) is 7.11 Å². The van der Waals surface area contributed by atoms with Crippen LogP contribution in [0.15, 0.2) is 40.6 Å². The highest BCUT2D eigenvalue weighted by molar-refractivity contribution is 9.12. The minimum atomic E-state index is -0.530. The number of fused-ring (bicyclic) bond motifs is 1. The number of hydrogen-bond acceptors (Lipinski definition) is 5. The SMILES string of the molecule is COC1=C(Br)C(=O)c2nc(-c3ccccc3)c(Cl)nc2C1=O. The third-order valence-corrected chi connectivity index (χ3v) is 4.12. The second-order valence-electron chi connectivity index (χ2n) is 4.43. The summed E-state index contributed by atoms with van der Waals surface area (Å²) in [5.41, 5.74) is 0.916. The van der Waals surface area contributed by atoms with Gasteiger partial charge in [-0.05, 0) is 15.9 Å².